The number of amides is 2. The summed E-state index contributed by atoms with van der Waals surface area (Å²) in [7, 11) is 0. The Morgan fingerprint density at radius 2 is 1.85 bits per heavy atom. The van der Waals surface area contributed by atoms with Crippen LogP contribution in [-0.2, 0) is 14.3 Å². The Balaban J connectivity index is 1.80. The van der Waals surface area contributed by atoms with Crippen molar-refractivity contribution in [2.45, 2.75) is 50.7 Å². The monoisotopic (exact) mass is 391 g/mol. The lowest BCUT2D eigenvalue weighted by Gasteiger charge is -2.32. The predicted molar refractivity (Wildman–Crippen MR) is 98.9 cm³/mol. The van der Waals surface area contributed by atoms with Crippen molar-refractivity contribution in [2.75, 3.05) is 6.54 Å². The Kier molecular flexibility index (Phi) is 7.19. The summed E-state index contributed by atoms with van der Waals surface area (Å²) in [5.74, 6) is -1.71. The molecule has 0 heterocycles. The molecule has 1 aliphatic rings. The number of nitrogens with zero attached hydrogens (tertiary/aromatic N) is 1. The van der Waals surface area contributed by atoms with E-state index in [4.69, 9.17) is 16.3 Å². The minimum atomic E-state index is -1.06. The lowest BCUT2D eigenvalue weighted by Crippen LogP contribution is -2.52. The molecule has 1 aliphatic carbocycles. The van der Waals surface area contributed by atoms with Crippen LogP contribution in [0.4, 0.5) is 0 Å². The first-order valence-electron chi connectivity index (χ1n) is 8.82. The van der Waals surface area contributed by atoms with Gasteiger partial charge in [-0.1, -0.05) is 30.9 Å². The maximum absolute atomic E-state index is 12.3. The molecule has 2 rings (SSSR count). The topological polar surface area (TPSA) is 108 Å². The van der Waals surface area contributed by atoms with Crippen LogP contribution in [0, 0.1) is 11.3 Å². The summed E-state index contributed by atoms with van der Waals surface area (Å²) in [5, 5.41) is 15.0. The SMILES string of the molecule is C[C@H](OC(=O)CNC(=O)c1ccc(Cl)cc1)C(=O)NC1(C#N)CCCCC1. The van der Waals surface area contributed by atoms with Crippen LogP contribution >= 0.6 is 11.6 Å². The van der Waals surface area contributed by atoms with Gasteiger partial charge in [0.2, 0.25) is 0 Å². The number of carbonyl (C=O) groups is 3. The van der Waals surface area contributed by atoms with Gasteiger partial charge in [-0.05, 0) is 44.0 Å². The van der Waals surface area contributed by atoms with Gasteiger partial charge in [0.25, 0.3) is 11.8 Å². The second kappa shape index (κ2) is 9.38. The van der Waals surface area contributed by atoms with Gasteiger partial charge in [-0.3, -0.25) is 14.4 Å². The molecule has 0 unspecified atom stereocenters. The van der Waals surface area contributed by atoms with Crippen molar-refractivity contribution >= 4 is 29.4 Å². The fourth-order valence-electron chi connectivity index (χ4n) is 2.91. The number of nitriles is 1. The number of nitrogens with one attached hydrogen (secondary N) is 2. The second-order valence-corrected chi connectivity index (χ2v) is 7.00. The molecular weight excluding hydrogens is 370 g/mol. The van der Waals surface area contributed by atoms with E-state index in [2.05, 4.69) is 16.7 Å². The normalized spacial score (nSPS) is 16.5. The van der Waals surface area contributed by atoms with Crippen LogP contribution in [0.25, 0.3) is 0 Å². The number of hydrogen-bond acceptors (Lipinski definition) is 5. The molecule has 1 fully saturated rings. The smallest absolute Gasteiger partial charge is 0.326 e. The number of benzene rings is 1. The third-order valence-electron chi connectivity index (χ3n) is 4.46. The number of carbonyl (C=O) groups excluding carboxylic acids is 3. The molecule has 0 saturated heterocycles. The van der Waals surface area contributed by atoms with Crippen molar-refractivity contribution in [3.8, 4) is 6.07 Å². The van der Waals surface area contributed by atoms with Gasteiger partial charge in [-0.2, -0.15) is 5.26 Å². The number of esters is 1. The molecule has 1 saturated carbocycles. The Labute approximate surface area is 163 Å². The Hall–Kier alpha value is -2.59. The quantitative estimate of drug-likeness (QED) is 0.723. The highest BCUT2D eigenvalue weighted by molar-refractivity contribution is 6.30. The highest BCUT2D eigenvalue weighted by atomic mass is 35.5. The molecule has 0 bridgehead atoms. The van der Waals surface area contributed by atoms with Crippen molar-refractivity contribution in [1.82, 2.24) is 10.6 Å². The van der Waals surface area contributed by atoms with Crippen LogP contribution in [0.3, 0.4) is 0 Å². The summed E-state index contributed by atoms with van der Waals surface area (Å²) < 4.78 is 5.05. The van der Waals surface area contributed by atoms with Crippen molar-refractivity contribution in [1.29, 1.82) is 5.26 Å². The molecule has 7 nitrogen and oxygen atoms in total. The number of rotatable bonds is 6. The molecule has 27 heavy (non-hydrogen) atoms. The third kappa shape index (κ3) is 5.97. The van der Waals surface area contributed by atoms with Crippen molar-refractivity contribution in [3.05, 3.63) is 34.9 Å². The molecule has 2 amide bonds. The van der Waals surface area contributed by atoms with E-state index in [1.54, 1.807) is 12.1 Å². The number of hydrogen-bond donors (Lipinski definition) is 2. The molecule has 2 N–H and O–H groups in total. The van der Waals surface area contributed by atoms with E-state index in [1.165, 1.54) is 19.1 Å². The molecular formula is C19H22ClN3O4. The third-order valence-corrected chi connectivity index (χ3v) is 4.71. The minimum Gasteiger partial charge on any atom is -0.451 e. The summed E-state index contributed by atoms with van der Waals surface area (Å²) in [4.78, 5) is 36.1. The summed E-state index contributed by atoms with van der Waals surface area (Å²) in [6.07, 6.45) is 2.91. The van der Waals surface area contributed by atoms with Gasteiger partial charge in [0, 0.05) is 10.6 Å². The van der Waals surface area contributed by atoms with Crippen LogP contribution < -0.4 is 10.6 Å². The summed E-state index contributed by atoms with van der Waals surface area (Å²) >= 11 is 5.76. The zero-order valence-corrected chi connectivity index (χ0v) is 15.8. The number of ether oxygens (including phenoxy) is 1. The van der Waals surface area contributed by atoms with Gasteiger partial charge >= 0.3 is 5.97 Å². The molecule has 144 valence electrons. The Morgan fingerprint density at radius 3 is 2.44 bits per heavy atom. The van der Waals surface area contributed by atoms with Crippen molar-refractivity contribution < 1.29 is 19.1 Å². The number of halogens is 1. The zero-order chi connectivity index (χ0) is 19.9. The first-order valence-corrected chi connectivity index (χ1v) is 9.19. The lowest BCUT2D eigenvalue weighted by atomic mass is 9.83. The predicted octanol–water partition coefficient (Wildman–Crippen LogP) is 2.34. The van der Waals surface area contributed by atoms with Crippen LogP contribution in [0.1, 0.15) is 49.4 Å². The molecule has 0 spiro atoms. The van der Waals surface area contributed by atoms with Gasteiger partial charge in [0.05, 0.1) is 6.07 Å². The molecule has 8 heteroatoms. The molecule has 1 atom stereocenters. The largest absolute Gasteiger partial charge is 0.451 e. The van der Waals surface area contributed by atoms with E-state index >= 15 is 0 Å². The highest BCUT2D eigenvalue weighted by Gasteiger charge is 2.35. The Bertz CT molecular complexity index is 736. The first-order chi connectivity index (χ1) is 12.8. The average molecular weight is 392 g/mol. The molecule has 0 aromatic heterocycles. The van der Waals surface area contributed by atoms with E-state index in [0.717, 1.165) is 19.3 Å². The van der Waals surface area contributed by atoms with E-state index in [-0.39, 0.29) is 6.54 Å². The average Bonchev–Trinajstić information content (AvgIpc) is 2.67. The molecule has 0 aliphatic heterocycles. The van der Waals surface area contributed by atoms with Gasteiger partial charge in [0.1, 0.15) is 12.1 Å². The van der Waals surface area contributed by atoms with Gasteiger partial charge in [0.15, 0.2) is 6.10 Å². The van der Waals surface area contributed by atoms with Gasteiger partial charge < -0.3 is 15.4 Å². The minimum absolute atomic E-state index is 0.353. The van der Waals surface area contributed by atoms with E-state index in [9.17, 15) is 19.6 Å². The van der Waals surface area contributed by atoms with E-state index in [1.807, 2.05) is 0 Å². The summed E-state index contributed by atoms with van der Waals surface area (Å²) in [6.45, 7) is 1.06. The van der Waals surface area contributed by atoms with Crippen LogP contribution in [0.2, 0.25) is 5.02 Å². The van der Waals surface area contributed by atoms with Crippen LogP contribution in [-0.4, -0.2) is 36.0 Å². The molecule has 1 aromatic rings. The lowest BCUT2D eigenvalue weighted by molar-refractivity contribution is -0.154. The van der Waals surface area contributed by atoms with Crippen LogP contribution in [0.5, 0.6) is 0 Å². The standard InChI is InChI=1S/C19H22ClN3O4/c1-13(17(25)23-19(12-21)9-3-2-4-10-19)27-16(24)11-22-18(26)14-5-7-15(20)8-6-14/h5-8,13H,2-4,9-11H2,1H3,(H,22,26)(H,23,25)/t13-/m0/s1. The Morgan fingerprint density at radius 1 is 1.22 bits per heavy atom. The van der Waals surface area contributed by atoms with E-state index < -0.39 is 29.4 Å². The summed E-state index contributed by atoms with van der Waals surface area (Å²) in [6, 6.07) is 8.38. The van der Waals surface area contributed by atoms with Gasteiger partial charge in [-0.15, -0.1) is 0 Å². The van der Waals surface area contributed by atoms with Crippen LogP contribution in [0.15, 0.2) is 24.3 Å². The second-order valence-electron chi connectivity index (χ2n) is 6.57. The van der Waals surface area contributed by atoms with E-state index in [0.29, 0.717) is 23.4 Å². The van der Waals surface area contributed by atoms with Crippen molar-refractivity contribution in [3.63, 3.8) is 0 Å². The zero-order valence-electron chi connectivity index (χ0n) is 15.1. The van der Waals surface area contributed by atoms with Gasteiger partial charge in [-0.25, -0.2) is 0 Å². The van der Waals surface area contributed by atoms with Crippen molar-refractivity contribution in [2.24, 2.45) is 0 Å². The highest BCUT2D eigenvalue weighted by Crippen LogP contribution is 2.27. The summed E-state index contributed by atoms with van der Waals surface area (Å²) in [5.41, 5.74) is -0.537. The maximum Gasteiger partial charge on any atom is 0.326 e. The fraction of sp³-hybridized carbons (Fsp3) is 0.474. The first kappa shape index (κ1) is 20.7. The maximum atomic E-state index is 12.3. The molecule has 0 radical (unpaired) electrons. The fourth-order valence-corrected chi connectivity index (χ4v) is 3.03. The molecule has 1 aromatic carbocycles.